The van der Waals surface area contributed by atoms with E-state index in [0.717, 1.165) is 10.9 Å². The van der Waals surface area contributed by atoms with Crippen LogP contribution in [0.15, 0.2) is 52.3 Å². The fraction of sp³-hybridized carbons (Fsp3) is 0.333. The highest BCUT2D eigenvalue weighted by molar-refractivity contribution is 8.00. The summed E-state index contributed by atoms with van der Waals surface area (Å²) in [5.41, 5.74) is 0.921. The molecule has 4 nitrogen and oxygen atoms in total. The van der Waals surface area contributed by atoms with Crippen LogP contribution >= 0.6 is 11.8 Å². The number of aromatic nitrogens is 1. The second kappa shape index (κ2) is 7.04. The molecule has 0 unspecified atom stereocenters. The highest BCUT2D eigenvalue weighted by Crippen LogP contribution is 2.34. The Bertz CT molecular complexity index is 746. The Kier molecular flexibility index (Phi) is 4.86. The van der Waals surface area contributed by atoms with Crippen molar-refractivity contribution in [2.45, 2.75) is 35.8 Å². The smallest absolute Gasteiger partial charge is 0.255 e. The number of anilines is 1. The fourth-order valence-corrected chi connectivity index (χ4v) is 3.96. The van der Waals surface area contributed by atoms with Crippen molar-refractivity contribution in [1.29, 1.82) is 0 Å². The molecule has 1 N–H and O–H groups in total. The van der Waals surface area contributed by atoms with Crippen LogP contribution in [-0.2, 0) is 7.05 Å². The van der Waals surface area contributed by atoms with E-state index in [1.165, 1.54) is 41.2 Å². The van der Waals surface area contributed by atoms with Crippen LogP contribution in [0.1, 0.15) is 36.0 Å². The fourth-order valence-electron chi connectivity index (χ4n) is 2.71. The molecule has 1 amide bonds. The Morgan fingerprint density at radius 3 is 2.52 bits per heavy atom. The normalized spacial score (nSPS) is 14.8. The minimum absolute atomic E-state index is 0.194. The maximum atomic E-state index is 12.2. The molecule has 0 spiro atoms. The molecule has 0 bridgehead atoms. The zero-order valence-electron chi connectivity index (χ0n) is 13.1. The molecular weight excluding hydrogens is 308 g/mol. The van der Waals surface area contributed by atoms with Crippen molar-refractivity contribution < 1.29 is 4.79 Å². The van der Waals surface area contributed by atoms with Gasteiger partial charge in [-0.2, -0.15) is 0 Å². The lowest BCUT2D eigenvalue weighted by atomic mass is 10.2. The summed E-state index contributed by atoms with van der Waals surface area (Å²) in [6, 6.07) is 10.9. The summed E-state index contributed by atoms with van der Waals surface area (Å²) in [6.45, 7) is 0. The van der Waals surface area contributed by atoms with Crippen LogP contribution in [0.3, 0.4) is 0 Å². The standard InChI is InChI=1S/C18H20N2O2S/c1-20-11-10-13(12-17(20)21)18(22)19-14-6-8-16(9-7-14)23-15-4-2-3-5-15/h6-12,15H,2-5H2,1H3,(H,19,22). The molecule has 1 aliphatic rings. The number of amides is 1. The first kappa shape index (κ1) is 15.9. The highest BCUT2D eigenvalue weighted by atomic mass is 32.2. The van der Waals surface area contributed by atoms with Gasteiger partial charge in [0.15, 0.2) is 0 Å². The number of benzene rings is 1. The number of carbonyl (C=O) groups excluding carboxylic acids is 1. The van der Waals surface area contributed by atoms with E-state index in [4.69, 9.17) is 0 Å². The van der Waals surface area contributed by atoms with Gasteiger partial charge in [0, 0.05) is 40.7 Å². The molecule has 0 atom stereocenters. The average Bonchev–Trinajstić information content (AvgIpc) is 3.05. The molecule has 1 saturated carbocycles. The quantitative estimate of drug-likeness (QED) is 0.931. The first-order valence-corrected chi connectivity index (χ1v) is 8.74. The molecule has 1 aliphatic carbocycles. The maximum absolute atomic E-state index is 12.2. The number of aryl methyl sites for hydroxylation is 1. The maximum Gasteiger partial charge on any atom is 0.255 e. The second-order valence-electron chi connectivity index (χ2n) is 5.87. The van der Waals surface area contributed by atoms with Crippen molar-refractivity contribution in [3.8, 4) is 0 Å². The van der Waals surface area contributed by atoms with E-state index in [2.05, 4.69) is 5.32 Å². The Morgan fingerprint density at radius 2 is 1.87 bits per heavy atom. The summed E-state index contributed by atoms with van der Waals surface area (Å²) >= 11 is 1.92. The summed E-state index contributed by atoms with van der Waals surface area (Å²) in [5.74, 6) is -0.265. The molecule has 0 aliphatic heterocycles. The molecule has 1 aromatic heterocycles. The number of thioether (sulfide) groups is 1. The van der Waals surface area contributed by atoms with Gasteiger partial charge in [0.1, 0.15) is 0 Å². The van der Waals surface area contributed by atoms with Crippen molar-refractivity contribution in [2.75, 3.05) is 5.32 Å². The van der Waals surface area contributed by atoms with Gasteiger partial charge in [-0.1, -0.05) is 12.8 Å². The third-order valence-electron chi connectivity index (χ3n) is 4.08. The van der Waals surface area contributed by atoms with E-state index < -0.39 is 0 Å². The summed E-state index contributed by atoms with van der Waals surface area (Å²) in [4.78, 5) is 25.0. The number of hydrogen-bond donors (Lipinski definition) is 1. The molecule has 0 saturated heterocycles. The number of nitrogens with one attached hydrogen (secondary N) is 1. The van der Waals surface area contributed by atoms with Crippen LogP contribution in [0, 0.1) is 0 Å². The van der Waals surface area contributed by atoms with E-state index in [1.54, 1.807) is 19.3 Å². The Hall–Kier alpha value is -2.01. The van der Waals surface area contributed by atoms with Gasteiger partial charge in [0.2, 0.25) is 0 Å². The van der Waals surface area contributed by atoms with Crippen LogP contribution < -0.4 is 10.9 Å². The van der Waals surface area contributed by atoms with E-state index in [9.17, 15) is 9.59 Å². The van der Waals surface area contributed by atoms with E-state index in [-0.39, 0.29) is 11.5 Å². The Labute approximate surface area is 139 Å². The summed E-state index contributed by atoms with van der Waals surface area (Å²) < 4.78 is 1.44. The SMILES string of the molecule is Cn1ccc(C(=O)Nc2ccc(SC3CCCC3)cc2)cc1=O. The first-order valence-electron chi connectivity index (χ1n) is 7.86. The molecule has 120 valence electrons. The van der Waals surface area contributed by atoms with Crippen molar-refractivity contribution in [3.63, 3.8) is 0 Å². The largest absolute Gasteiger partial charge is 0.322 e. The van der Waals surface area contributed by atoms with Gasteiger partial charge in [0.25, 0.3) is 11.5 Å². The van der Waals surface area contributed by atoms with Gasteiger partial charge < -0.3 is 9.88 Å². The topological polar surface area (TPSA) is 51.1 Å². The summed E-state index contributed by atoms with van der Waals surface area (Å²) in [7, 11) is 1.66. The van der Waals surface area contributed by atoms with Gasteiger partial charge >= 0.3 is 0 Å². The zero-order valence-corrected chi connectivity index (χ0v) is 13.9. The number of pyridine rings is 1. The molecule has 2 aromatic rings. The van der Waals surface area contributed by atoms with Gasteiger partial charge in [-0.05, 0) is 43.2 Å². The second-order valence-corrected chi connectivity index (χ2v) is 7.24. The third-order valence-corrected chi connectivity index (χ3v) is 5.43. The van der Waals surface area contributed by atoms with Crippen LogP contribution in [0.2, 0.25) is 0 Å². The average molecular weight is 328 g/mol. The van der Waals surface area contributed by atoms with Gasteiger partial charge in [-0.25, -0.2) is 0 Å². The van der Waals surface area contributed by atoms with Crippen LogP contribution in [0.4, 0.5) is 5.69 Å². The number of rotatable bonds is 4. The predicted octanol–water partition coefficient (Wildman–Crippen LogP) is 3.67. The lowest BCUT2D eigenvalue weighted by Crippen LogP contribution is -2.19. The molecule has 3 rings (SSSR count). The lowest BCUT2D eigenvalue weighted by molar-refractivity contribution is 0.102. The zero-order chi connectivity index (χ0) is 16.2. The van der Waals surface area contributed by atoms with Crippen molar-refractivity contribution in [1.82, 2.24) is 4.57 Å². The molecule has 23 heavy (non-hydrogen) atoms. The number of hydrogen-bond acceptors (Lipinski definition) is 3. The minimum Gasteiger partial charge on any atom is -0.322 e. The van der Waals surface area contributed by atoms with Crippen LogP contribution in [-0.4, -0.2) is 15.7 Å². The number of carbonyl (C=O) groups is 1. The van der Waals surface area contributed by atoms with Gasteiger partial charge in [-0.15, -0.1) is 11.8 Å². The first-order chi connectivity index (χ1) is 11.1. The number of nitrogens with zero attached hydrogens (tertiary/aromatic N) is 1. The minimum atomic E-state index is -0.265. The van der Waals surface area contributed by atoms with E-state index >= 15 is 0 Å². The summed E-state index contributed by atoms with van der Waals surface area (Å²) in [5, 5.41) is 3.56. The van der Waals surface area contributed by atoms with Crippen molar-refractivity contribution in [2.24, 2.45) is 7.05 Å². The molecular formula is C18H20N2O2S. The molecule has 5 heteroatoms. The lowest BCUT2D eigenvalue weighted by Gasteiger charge is -2.10. The predicted molar refractivity (Wildman–Crippen MR) is 94.2 cm³/mol. The monoisotopic (exact) mass is 328 g/mol. The van der Waals surface area contributed by atoms with E-state index in [0.29, 0.717) is 5.56 Å². The Balaban J connectivity index is 1.64. The highest BCUT2D eigenvalue weighted by Gasteiger charge is 2.16. The molecule has 0 radical (unpaired) electrons. The third kappa shape index (κ3) is 4.05. The van der Waals surface area contributed by atoms with Crippen molar-refractivity contribution >= 4 is 23.4 Å². The van der Waals surface area contributed by atoms with E-state index in [1.807, 2.05) is 36.0 Å². The van der Waals surface area contributed by atoms with Crippen molar-refractivity contribution in [3.05, 3.63) is 58.5 Å². The molecule has 1 aromatic carbocycles. The molecule has 1 fully saturated rings. The van der Waals surface area contributed by atoms with Gasteiger partial charge in [-0.3, -0.25) is 9.59 Å². The molecule has 1 heterocycles. The van der Waals surface area contributed by atoms with Gasteiger partial charge in [0.05, 0.1) is 0 Å². The summed E-state index contributed by atoms with van der Waals surface area (Å²) in [6.07, 6.45) is 6.86. The Morgan fingerprint density at radius 1 is 1.17 bits per heavy atom. The van der Waals surface area contributed by atoms with Crippen LogP contribution in [0.25, 0.3) is 0 Å². The van der Waals surface area contributed by atoms with Crippen LogP contribution in [0.5, 0.6) is 0 Å².